The van der Waals surface area contributed by atoms with Crippen LogP contribution in [0.2, 0.25) is 0 Å². The maximum atomic E-state index is 5.78. The number of fused-ring (bicyclic) bond motifs is 1. The Morgan fingerprint density at radius 2 is 2.39 bits per heavy atom. The predicted molar refractivity (Wildman–Crippen MR) is 74.1 cm³/mol. The van der Waals surface area contributed by atoms with Gasteiger partial charge in [-0.15, -0.1) is 0 Å². The second-order valence-electron chi connectivity index (χ2n) is 5.34. The zero-order chi connectivity index (χ0) is 12.4. The molecule has 2 N–H and O–H groups in total. The molecule has 0 amide bonds. The molecule has 0 radical (unpaired) electrons. The van der Waals surface area contributed by atoms with E-state index in [1.807, 2.05) is 0 Å². The molecule has 2 unspecified atom stereocenters. The summed E-state index contributed by atoms with van der Waals surface area (Å²) in [6.07, 6.45) is 4.02. The summed E-state index contributed by atoms with van der Waals surface area (Å²) in [5.74, 6) is 1.96. The first-order valence-electron chi connectivity index (χ1n) is 7.10. The Kier molecular flexibility index (Phi) is 3.41. The minimum Gasteiger partial charge on any atom is -0.489 e. The molecule has 0 spiro atoms. The van der Waals surface area contributed by atoms with Crippen molar-refractivity contribution in [1.82, 2.24) is 5.32 Å². The molecule has 1 aliphatic heterocycles. The van der Waals surface area contributed by atoms with E-state index in [0.717, 1.165) is 43.1 Å². The van der Waals surface area contributed by atoms with Gasteiger partial charge in [-0.25, -0.2) is 0 Å². The quantitative estimate of drug-likeness (QED) is 0.838. The van der Waals surface area contributed by atoms with Crippen molar-refractivity contribution in [2.24, 2.45) is 5.92 Å². The predicted octanol–water partition coefficient (Wildman–Crippen LogP) is 2.77. The molecule has 98 valence electrons. The van der Waals surface area contributed by atoms with Gasteiger partial charge in [0.05, 0.1) is 5.69 Å². The maximum Gasteiger partial charge on any atom is 0.146 e. The van der Waals surface area contributed by atoms with Crippen molar-refractivity contribution in [1.29, 1.82) is 0 Å². The number of hydrogen-bond donors (Lipinski definition) is 2. The van der Waals surface area contributed by atoms with Crippen LogP contribution in [0.15, 0.2) is 18.2 Å². The summed E-state index contributed by atoms with van der Waals surface area (Å²) in [5.41, 5.74) is 2.42. The number of rotatable bonds is 5. The average molecular weight is 246 g/mol. The van der Waals surface area contributed by atoms with Gasteiger partial charge < -0.3 is 15.4 Å². The smallest absolute Gasteiger partial charge is 0.146 e. The van der Waals surface area contributed by atoms with E-state index < -0.39 is 0 Å². The Labute approximate surface area is 109 Å². The van der Waals surface area contributed by atoms with Gasteiger partial charge in [-0.05, 0) is 24.8 Å². The highest BCUT2D eigenvalue weighted by atomic mass is 16.5. The van der Waals surface area contributed by atoms with Gasteiger partial charge in [-0.1, -0.05) is 25.5 Å². The van der Waals surface area contributed by atoms with Crippen molar-refractivity contribution in [3.05, 3.63) is 23.8 Å². The standard InChI is InChI=1S/C15H22N2O/c1-2-4-11-9-14(11)17-10-12-5-3-6-13-15(12)18-8-7-16-13/h3,5-6,11,14,16-17H,2,4,7-10H2,1H3. The first-order valence-corrected chi connectivity index (χ1v) is 7.10. The third-order valence-electron chi connectivity index (χ3n) is 3.90. The van der Waals surface area contributed by atoms with Crippen LogP contribution in [0.1, 0.15) is 31.7 Å². The normalized spacial score (nSPS) is 24.9. The number of nitrogens with one attached hydrogen (secondary N) is 2. The SMILES string of the molecule is CCCC1CC1NCc1cccc2c1OCCN2. The zero-order valence-corrected chi connectivity index (χ0v) is 11.0. The fraction of sp³-hybridized carbons (Fsp3) is 0.600. The molecule has 3 nitrogen and oxygen atoms in total. The van der Waals surface area contributed by atoms with Crippen molar-refractivity contribution < 1.29 is 4.74 Å². The van der Waals surface area contributed by atoms with Crippen LogP contribution in [0.5, 0.6) is 5.75 Å². The van der Waals surface area contributed by atoms with E-state index in [4.69, 9.17) is 4.74 Å². The monoisotopic (exact) mass is 246 g/mol. The first-order chi connectivity index (χ1) is 8.88. The van der Waals surface area contributed by atoms with E-state index in [1.165, 1.54) is 24.8 Å². The minimum atomic E-state index is 0.734. The molecule has 3 heteroatoms. The Morgan fingerprint density at radius 1 is 1.44 bits per heavy atom. The fourth-order valence-corrected chi connectivity index (χ4v) is 2.80. The van der Waals surface area contributed by atoms with E-state index in [-0.39, 0.29) is 0 Å². The number of benzene rings is 1. The molecule has 1 aromatic carbocycles. The van der Waals surface area contributed by atoms with Crippen LogP contribution < -0.4 is 15.4 Å². The molecular weight excluding hydrogens is 224 g/mol. The van der Waals surface area contributed by atoms with Gasteiger partial charge in [-0.3, -0.25) is 0 Å². The lowest BCUT2D eigenvalue weighted by Crippen LogP contribution is -2.22. The maximum absolute atomic E-state index is 5.78. The Hall–Kier alpha value is -1.22. The number of para-hydroxylation sites is 1. The van der Waals surface area contributed by atoms with Crippen LogP contribution in [0.25, 0.3) is 0 Å². The molecule has 1 saturated carbocycles. The topological polar surface area (TPSA) is 33.3 Å². The van der Waals surface area contributed by atoms with Gasteiger partial charge >= 0.3 is 0 Å². The second kappa shape index (κ2) is 5.19. The third-order valence-corrected chi connectivity index (χ3v) is 3.90. The van der Waals surface area contributed by atoms with E-state index in [9.17, 15) is 0 Å². The van der Waals surface area contributed by atoms with Crippen LogP contribution in [-0.2, 0) is 6.54 Å². The van der Waals surface area contributed by atoms with Gasteiger partial charge in [0.1, 0.15) is 12.4 Å². The summed E-state index contributed by atoms with van der Waals surface area (Å²) >= 11 is 0. The highest BCUT2D eigenvalue weighted by Gasteiger charge is 2.35. The molecule has 0 aromatic heterocycles. The average Bonchev–Trinajstić information content (AvgIpc) is 3.15. The molecule has 1 heterocycles. The molecule has 1 aromatic rings. The van der Waals surface area contributed by atoms with Crippen molar-refractivity contribution in [2.45, 2.75) is 38.8 Å². The van der Waals surface area contributed by atoms with Crippen molar-refractivity contribution in [2.75, 3.05) is 18.5 Å². The number of anilines is 1. The molecule has 0 saturated heterocycles. The largest absolute Gasteiger partial charge is 0.489 e. The van der Waals surface area contributed by atoms with Crippen LogP contribution >= 0.6 is 0 Å². The zero-order valence-electron chi connectivity index (χ0n) is 11.0. The molecule has 3 rings (SSSR count). The molecule has 2 atom stereocenters. The minimum absolute atomic E-state index is 0.734. The van der Waals surface area contributed by atoms with E-state index in [0.29, 0.717) is 0 Å². The van der Waals surface area contributed by atoms with Crippen molar-refractivity contribution in [3.63, 3.8) is 0 Å². The number of ether oxygens (including phenoxy) is 1. The lowest BCUT2D eigenvalue weighted by molar-refractivity contribution is 0.318. The number of hydrogen-bond acceptors (Lipinski definition) is 3. The Bertz CT molecular complexity index is 419. The molecule has 18 heavy (non-hydrogen) atoms. The molecule has 1 aliphatic carbocycles. The van der Waals surface area contributed by atoms with Crippen molar-refractivity contribution >= 4 is 5.69 Å². The van der Waals surface area contributed by atoms with Gasteiger partial charge in [0, 0.05) is 24.7 Å². The summed E-state index contributed by atoms with van der Waals surface area (Å²) in [4.78, 5) is 0. The highest BCUT2D eigenvalue weighted by Crippen LogP contribution is 2.36. The molecule has 0 bridgehead atoms. The third kappa shape index (κ3) is 2.46. The van der Waals surface area contributed by atoms with Gasteiger partial charge in [0.2, 0.25) is 0 Å². The van der Waals surface area contributed by atoms with Crippen LogP contribution in [0, 0.1) is 5.92 Å². The van der Waals surface area contributed by atoms with Gasteiger partial charge in [0.25, 0.3) is 0 Å². The van der Waals surface area contributed by atoms with Crippen LogP contribution in [0.4, 0.5) is 5.69 Å². The molecular formula is C15H22N2O. The second-order valence-corrected chi connectivity index (χ2v) is 5.34. The fourth-order valence-electron chi connectivity index (χ4n) is 2.80. The Balaban J connectivity index is 1.60. The van der Waals surface area contributed by atoms with E-state index in [1.54, 1.807) is 0 Å². The highest BCUT2D eigenvalue weighted by molar-refractivity contribution is 5.61. The summed E-state index contributed by atoms with van der Waals surface area (Å²) in [5, 5.41) is 7.03. The lowest BCUT2D eigenvalue weighted by Gasteiger charge is -2.22. The summed E-state index contributed by atoms with van der Waals surface area (Å²) in [6.45, 7) is 4.87. The van der Waals surface area contributed by atoms with Crippen molar-refractivity contribution in [3.8, 4) is 5.75 Å². The summed E-state index contributed by atoms with van der Waals surface area (Å²) < 4.78 is 5.78. The summed E-state index contributed by atoms with van der Waals surface area (Å²) in [6, 6.07) is 7.09. The van der Waals surface area contributed by atoms with Gasteiger partial charge in [-0.2, -0.15) is 0 Å². The van der Waals surface area contributed by atoms with Crippen LogP contribution in [0.3, 0.4) is 0 Å². The Morgan fingerprint density at radius 3 is 3.28 bits per heavy atom. The molecule has 2 aliphatic rings. The summed E-state index contributed by atoms with van der Waals surface area (Å²) in [7, 11) is 0. The first kappa shape index (κ1) is 11.8. The lowest BCUT2D eigenvalue weighted by atomic mass is 10.1. The molecule has 1 fully saturated rings. The van der Waals surface area contributed by atoms with Gasteiger partial charge in [0.15, 0.2) is 0 Å². The van der Waals surface area contributed by atoms with E-state index >= 15 is 0 Å². The van der Waals surface area contributed by atoms with E-state index in [2.05, 4.69) is 35.8 Å². The van der Waals surface area contributed by atoms with Crippen LogP contribution in [-0.4, -0.2) is 19.2 Å².